The van der Waals surface area contributed by atoms with Crippen LogP contribution in [0.3, 0.4) is 0 Å². The Morgan fingerprint density at radius 3 is 2.34 bits per heavy atom. The lowest BCUT2D eigenvalue weighted by molar-refractivity contribution is 0.616. The lowest BCUT2D eigenvalue weighted by Gasteiger charge is -2.16. The summed E-state index contributed by atoms with van der Waals surface area (Å²) in [6.07, 6.45) is 10.8. The highest BCUT2D eigenvalue weighted by molar-refractivity contribution is 5.44. The maximum Gasteiger partial charge on any atom is 0.0957 e. The van der Waals surface area contributed by atoms with Crippen molar-refractivity contribution >= 4 is 0 Å². The third kappa shape index (κ3) is 10.4. The van der Waals surface area contributed by atoms with E-state index in [1.165, 1.54) is 16.7 Å². The SMILES string of the molecule is C=C/C=C(\C=C/C)C(=C/C(=C)C)/NC(=C)NCCCNCc1cc(C)cc(C)c1. The lowest BCUT2D eigenvalue weighted by atomic mass is 10.1. The minimum Gasteiger partial charge on any atom is -0.372 e. The Hall–Kier alpha value is -2.78. The molecule has 0 saturated heterocycles. The van der Waals surface area contributed by atoms with E-state index in [9.17, 15) is 0 Å². The molecule has 0 radical (unpaired) electrons. The van der Waals surface area contributed by atoms with E-state index < -0.39 is 0 Å². The van der Waals surface area contributed by atoms with Gasteiger partial charge in [-0.2, -0.15) is 0 Å². The quantitative estimate of drug-likeness (QED) is 0.303. The van der Waals surface area contributed by atoms with E-state index in [-0.39, 0.29) is 0 Å². The van der Waals surface area contributed by atoms with Crippen molar-refractivity contribution in [1.82, 2.24) is 16.0 Å². The molecule has 0 saturated carbocycles. The first kappa shape index (κ1) is 24.3. The predicted octanol–water partition coefficient (Wildman–Crippen LogP) is 5.58. The number of aryl methyl sites for hydroxylation is 2. The standard InChI is InChI=1S/C26H37N3/c1-8-11-25(12-9-2)26(15-20(3)4)29-23(7)28-14-10-13-27-19-24-17-21(5)16-22(6)18-24/h8-9,11-12,15-18,27-29H,1,3,7,10,13-14,19H2,2,4-6H3/b12-9-,25-11+,26-15-. The van der Waals surface area contributed by atoms with Crippen LogP contribution < -0.4 is 16.0 Å². The van der Waals surface area contributed by atoms with E-state index in [2.05, 4.69) is 67.7 Å². The zero-order chi connectivity index (χ0) is 21.6. The van der Waals surface area contributed by atoms with Crippen LogP contribution in [0, 0.1) is 13.8 Å². The fourth-order valence-electron chi connectivity index (χ4n) is 3.04. The first-order valence-electron chi connectivity index (χ1n) is 10.2. The zero-order valence-electron chi connectivity index (χ0n) is 18.6. The molecule has 3 N–H and O–H groups in total. The molecule has 0 amide bonds. The monoisotopic (exact) mass is 391 g/mol. The smallest absolute Gasteiger partial charge is 0.0957 e. The van der Waals surface area contributed by atoms with Gasteiger partial charge in [-0.25, -0.2) is 0 Å². The van der Waals surface area contributed by atoms with E-state index in [0.717, 1.165) is 48.7 Å². The van der Waals surface area contributed by atoms with Gasteiger partial charge in [0.2, 0.25) is 0 Å². The molecule has 0 heterocycles. The van der Waals surface area contributed by atoms with Gasteiger partial charge in [0.1, 0.15) is 0 Å². The second-order valence-corrected chi connectivity index (χ2v) is 7.32. The number of hydrogen-bond acceptors (Lipinski definition) is 3. The highest BCUT2D eigenvalue weighted by Gasteiger charge is 2.03. The molecule has 0 aliphatic carbocycles. The molecule has 0 unspecified atom stereocenters. The largest absolute Gasteiger partial charge is 0.372 e. The minimum atomic E-state index is 0.770. The van der Waals surface area contributed by atoms with Crippen molar-refractivity contribution in [2.75, 3.05) is 13.1 Å². The normalized spacial score (nSPS) is 12.1. The fraction of sp³-hybridized carbons (Fsp3) is 0.308. The fourth-order valence-corrected chi connectivity index (χ4v) is 3.04. The van der Waals surface area contributed by atoms with E-state index >= 15 is 0 Å². The summed E-state index contributed by atoms with van der Waals surface area (Å²) in [5.74, 6) is 0.770. The van der Waals surface area contributed by atoms with Gasteiger partial charge in [0.05, 0.1) is 5.82 Å². The molecule has 29 heavy (non-hydrogen) atoms. The first-order valence-corrected chi connectivity index (χ1v) is 10.2. The van der Waals surface area contributed by atoms with Crippen molar-refractivity contribution in [2.24, 2.45) is 0 Å². The highest BCUT2D eigenvalue weighted by Crippen LogP contribution is 2.13. The summed E-state index contributed by atoms with van der Waals surface area (Å²) in [6.45, 7) is 22.8. The summed E-state index contributed by atoms with van der Waals surface area (Å²) in [5, 5.41) is 10.2. The molecular weight excluding hydrogens is 354 g/mol. The van der Waals surface area contributed by atoms with Crippen LogP contribution in [-0.4, -0.2) is 13.1 Å². The number of hydrogen-bond donors (Lipinski definition) is 3. The van der Waals surface area contributed by atoms with Crippen molar-refractivity contribution in [1.29, 1.82) is 0 Å². The summed E-state index contributed by atoms with van der Waals surface area (Å²) in [4.78, 5) is 0. The summed E-state index contributed by atoms with van der Waals surface area (Å²) in [7, 11) is 0. The van der Waals surface area contributed by atoms with E-state index in [1.807, 2.05) is 38.2 Å². The number of nitrogens with one attached hydrogen (secondary N) is 3. The molecular formula is C26H37N3. The molecule has 0 fully saturated rings. The molecule has 0 aromatic heterocycles. The lowest BCUT2D eigenvalue weighted by Crippen LogP contribution is -2.28. The van der Waals surface area contributed by atoms with Crippen LogP contribution in [0.15, 0.2) is 91.0 Å². The van der Waals surface area contributed by atoms with Crippen LogP contribution in [-0.2, 0) is 6.54 Å². The van der Waals surface area contributed by atoms with Crippen molar-refractivity contribution in [2.45, 2.75) is 40.7 Å². The molecule has 3 nitrogen and oxygen atoms in total. The zero-order valence-corrected chi connectivity index (χ0v) is 18.6. The average Bonchev–Trinajstić information content (AvgIpc) is 2.62. The molecule has 1 rings (SSSR count). The Morgan fingerprint density at radius 2 is 1.76 bits per heavy atom. The van der Waals surface area contributed by atoms with Crippen molar-refractivity contribution in [3.63, 3.8) is 0 Å². The molecule has 156 valence electrons. The van der Waals surface area contributed by atoms with Gasteiger partial charge in [-0.05, 0) is 57.9 Å². The van der Waals surface area contributed by atoms with Crippen LogP contribution in [0.2, 0.25) is 0 Å². The van der Waals surface area contributed by atoms with Crippen LogP contribution in [0.25, 0.3) is 0 Å². The Labute approximate surface area is 177 Å². The second-order valence-electron chi connectivity index (χ2n) is 7.32. The van der Waals surface area contributed by atoms with Crippen LogP contribution in [0.1, 0.15) is 37.0 Å². The van der Waals surface area contributed by atoms with Gasteiger partial charge in [-0.3, -0.25) is 0 Å². The van der Waals surface area contributed by atoms with Crippen LogP contribution in [0.5, 0.6) is 0 Å². The van der Waals surface area contributed by atoms with Gasteiger partial charge in [0.15, 0.2) is 0 Å². The third-order valence-corrected chi connectivity index (χ3v) is 4.11. The van der Waals surface area contributed by atoms with Crippen molar-refractivity contribution < 1.29 is 0 Å². The topological polar surface area (TPSA) is 36.1 Å². The predicted molar refractivity (Wildman–Crippen MR) is 129 cm³/mol. The summed E-state index contributed by atoms with van der Waals surface area (Å²) >= 11 is 0. The molecule has 1 aromatic rings. The molecule has 0 spiro atoms. The number of rotatable bonds is 13. The van der Waals surface area contributed by atoms with Crippen molar-refractivity contribution in [3.8, 4) is 0 Å². The van der Waals surface area contributed by atoms with E-state index in [4.69, 9.17) is 0 Å². The average molecular weight is 392 g/mol. The Bertz CT molecular complexity index is 774. The Kier molecular flexibility index (Phi) is 11.2. The van der Waals surface area contributed by atoms with Crippen molar-refractivity contribution in [3.05, 3.63) is 108 Å². The molecule has 0 aliphatic heterocycles. The summed E-state index contributed by atoms with van der Waals surface area (Å²) in [5.41, 5.74) is 6.90. The highest BCUT2D eigenvalue weighted by atomic mass is 15.1. The van der Waals surface area contributed by atoms with Gasteiger partial charge in [-0.15, -0.1) is 0 Å². The number of benzene rings is 1. The maximum absolute atomic E-state index is 4.10. The molecule has 3 heteroatoms. The molecule has 0 bridgehead atoms. The Morgan fingerprint density at radius 1 is 1.07 bits per heavy atom. The van der Waals surface area contributed by atoms with E-state index in [0.29, 0.717) is 0 Å². The van der Waals surface area contributed by atoms with Gasteiger partial charge < -0.3 is 16.0 Å². The van der Waals surface area contributed by atoms with Crippen LogP contribution >= 0.6 is 0 Å². The first-order chi connectivity index (χ1) is 13.8. The minimum absolute atomic E-state index is 0.770. The summed E-state index contributed by atoms with van der Waals surface area (Å²) in [6, 6.07) is 6.67. The van der Waals surface area contributed by atoms with Gasteiger partial charge in [0.25, 0.3) is 0 Å². The summed E-state index contributed by atoms with van der Waals surface area (Å²) < 4.78 is 0. The Balaban J connectivity index is 2.45. The van der Waals surface area contributed by atoms with Gasteiger partial charge >= 0.3 is 0 Å². The van der Waals surface area contributed by atoms with Gasteiger partial charge in [-0.1, -0.05) is 78.9 Å². The molecule has 1 aromatic carbocycles. The molecule has 0 aliphatic rings. The maximum atomic E-state index is 4.10. The van der Waals surface area contributed by atoms with E-state index in [1.54, 1.807) is 6.08 Å². The van der Waals surface area contributed by atoms with Gasteiger partial charge in [0, 0.05) is 18.8 Å². The third-order valence-electron chi connectivity index (χ3n) is 4.11. The van der Waals surface area contributed by atoms with Crippen LogP contribution in [0.4, 0.5) is 0 Å². The second kappa shape index (κ2) is 13.4. The molecule has 0 atom stereocenters. The number of allylic oxidation sites excluding steroid dienone is 6.